The molecule has 3 heteroatoms. The zero-order chi connectivity index (χ0) is 9.68. The second-order valence-corrected chi connectivity index (χ2v) is 4.25. The van der Waals surface area contributed by atoms with Crippen LogP contribution in [0.25, 0.3) is 0 Å². The van der Waals surface area contributed by atoms with Crippen LogP contribution in [-0.2, 0) is 9.53 Å². The van der Waals surface area contributed by atoms with Crippen LogP contribution in [0.2, 0.25) is 0 Å². The van der Waals surface area contributed by atoms with Gasteiger partial charge in [-0.25, -0.2) is 0 Å². The Hall–Kier alpha value is -0.700. The lowest BCUT2D eigenvalue weighted by Crippen LogP contribution is -2.06. The Kier molecular flexibility index (Phi) is 4.09. The van der Waals surface area contributed by atoms with Crippen molar-refractivity contribution < 1.29 is 9.53 Å². The van der Waals surface area contributed by atoms with E-state index in [-0.39, 0.29) is 16.7 Å². The average Bonchev–Trinajstić information content (AvgIpc) is 2.41. The molecule has 0 aliphatic carbocycles. The summed E-state index contributed by atoms with van der Waals surface area (Å²) >= 11 is 1.54. The number of carbonyl (C=O) groups excluding carboxylic acids is 1. The van der Waals surface area contributed by atoms with Crippen LogP contribution in [0.1, 0.15) is 20.3 Å². The van der Waals surface area contributed by atoms with Crippen molar-refractivity contribution in [2.75, 3.05) is 0 Å². The van der Waals surface area contributed by atoms with Gasteiger partial charge in [-0.2, -0.15) is 0 Å². The lowest BCUT2D eigenvalue weighted by Gasteiger charge is -1.98. The molecule has 0 N–H and O–H groups in total. The van der Waals surface area contributed by atoms with E-state index in [1.54, 1.807) is 0 Å². The van der Waals surface area contributed by atoms with Crippen molar-refractivity contribution in [1.82, 2.24) is 0 Å². The van der Waals surface area contributed by atoms with E-state index >= 15 is 0 Å². The number of carbonyl (C=O) groups is 1. The van der Waals surface area contributed by atoms with E-state index < -0.39 is 0 Å². The van der Waals surface area contributed by atoms with E-state index in [4.69, 9.17) is 4.74 Å². The molecular weight excluding hydrogens is 184 g/mol. The Morgan fingerprint density at radius 1 is 1.54 bits per heavy atom. The molecule has 72 valence electrons. The van der Waals surface area contributed by atoms with Gasteiger partial charge in [0.1, 0.15) is 5.25 Å². The molecule has 0 saturated carbocycles. The molecule has 0 amide bonds. The first kappa shape index (κ1) is 10.4. The number of hydrogen-bond acceptors (Lipinski definition) is 3. The molecule has 0 spiro atoms. The zero-order valence-electron chi connectivity index (χ0n) is 7.90. The minimum absolute atomic E-state index is 0.0233. The summed E-state index contributed by atoms with van der Waals surface area (Å²) < 4.78 is 5.06. The summed E-state index contributed by atoms with van der Waals surface area (Å²) in [6, 6.07) is 0. The maximum Gasteiger partial charge on any atom is 0.320 e. The van der Waals surface area contributed by atoms with Gasteiger partial charge in [0.25, 0.3) is 0 Å². The maximum atomic E-state index is 11.0. The summed E-state index contributed by atoms with van der Waals surface area (Å²) in [4.78, 5) is 11.0. The third-order valence-electron chi connectivity index (χ3n) is 1.65. The average molecular weight is 198 g/mol. The van der Waals surface area contributed by atoms with E-state index in [9.17, 15) is 4.79 Å². The van der Waals surface area contributed by atoms with Crippen LogP contribution in [0, 0.1) is 0 Å². The molecule has 1 rings (SSSR count). The van der Waals surface area contributed by atoms with Gasteiger partial charge in [-0.05, 0) is 19.4 Å². The first-order valence-corrected chi connectivity index (χ1v) is 5.37. The van der Waals surface area contributed by atoms with Gasteiger partial charge in [0.05, 0.1) is 0 Å². The Morgan fingerprint density at radius 2 is 2.31 bits per heavy atom. The van der Waals surface area contributed by atoms with Gasteiger partial charge in [0, 0.05) is 0 Å². The number of cyclic esters (lactones) is 1. The van der Waals surface area contributed by atoms with Crippen LogP contribution in [0.15, 0.2) is 24.3 Å². The quantitative estimate of drug-likeness (QED) is 0.515. The van der Waals surface area contributed by atoms with Gasteiger partial charge in [-0.3, -0.25) is 4.79 Å². The smallest absolute Gasteiger partial charge is 0.320 e. The summed E-state index contributed by atoms with van der Waals surface area (Å²) in [5.74, 6) is -0.112. The van der Waals surface area contributed by atoms with Crippen LogP contribution in [0.3, 0.4) is 0 Å². The number of hydrogen-bond donors (Lipinski definition) is 0. The third-order valence-corrected chi connectivity index (χ3v) is 2.78. The normalized spacial score (nSPS) is 28.9. The van der Waals surface area contributed by atoms with Crippen molar-refractivity contribution in [3.8, 4) is 0 Å². The minimum Gasteiger partial charge on any atom is -0.446 e. The Balaban J connectivity index is 2.35. The molecular formula is C10H14O2S. The summed E-state index contributed by atoms with van der Waals surface area (Å²) in [5, 5.41) is -0.0233. The fourth-order valence-electron chi connectivity index (χ4n) is 0.949. The van der Waals surface area contributed by atoms with Crippen molar-refractivity contribution in [2.45, 2.75) is 31.0 Å². The Morgan fingerprint density at radius 3 is 2.85 bits per heavy atom. The van der Waals surface area contributed by atoms with E-state index in [2.05, 4.69) is 13.0 Å². The first-order chi connectivity index (χ1) is 6.24. The van der Waals surface area contributed by atoms with Gasteiger partial charge in [-0.1, -0.05) is 36.9 Å². The van der Waals surface area contributed by atoms with Gasteiger partial charge < -0.3 is 4.74 Å². The number of rotatable bonds is 3. The molecule has 1 aliphatic heterocycles. The van der Waals surface area contributed by atoms with Crippen LogP contribution in [0.4, 0.5) is 0 Å². The first-order valence-electron chi connectivity index (χ1n) is 4.43. The lowest BCUT2D eigenvalue weighted by atomic mass is 10.4. The predicted octanol–water partition coefficient (Wildman–Crippen LogP) is 2.51. The molecule has 0 bridgehead atoms. The molecule has 0 aromatic heterocycles. The lowest BCUT2D eigenvalue weighted by molar-refractivity contribution is -0.140. The topological polar surface area (TPSA) is 26.3 Å². The second kappa shape index (κ2) is 5.12. The molecule has 2 unspecified atom stereocenters. The third kappa shape index (κ3) is 3.27. The highest BCUT2D eigenvalue weighted by Crippen LogP contribution is 2.28. The van der Waals surface area contributed by atoms with Crippen molar-refractivity contribution in [1.29, 1.82) is 0 Å². The van der Waals surface area contributed by atoms with Gasteiger partial charge >= 0.3 is 5.97 Å². The summed E-state index contributed by atoms with van der Waals surface area (Å²) in [6.07, 6.45) is 8.88. The van der Waals surface area contributed by atoms with Crippen LogP contribution in [-0.4, -0.2) is 16.7 Å². The van der Waals surface area contributed by atoms with E-state index in [0.717, 1.165) is 6.42 Å². The van der Waals surface area contributed by atoms with Crippen molar-refractivity contribution in [3.63, 3.8) is 0 Å². The zero-order valence-corrected chi connectivity index (χ0v) is 8.71. The molecule has 1 aliphatic rings. The van der Waals surface area contributed by atoms with Crippen LogP contribution < -0.4 is 0 Å². The van der Waals surface area contributed by atoms with E-state index in [0.29, 0.717) is 0 Å². The predicted molar refractivity (Wildman–Crippen MR) is 55.5 cm³/mol. The van der Waals surface area contributed by atoms with Gasteiger partial charge in [0.2, 0.25) is 0 Å². The number of thioether (sulfide) groups is 1. The van der Waals surface area contributed by atoms with E-state index in [1.165, 1.54) is 11.8 Å². The number of allylic oxidation sites excluding steroid dienone is 3. The molecule has 0 radical (unpaired) electrons. The van der Waals surface area contributed by atoms with Crippen molar-refractivity contribution in [2.24, 2.45) is 0 Å². The maximum absolute atomic E-state index is 11.0. The number of esters is 1. The standard InChI is InChI=1S/C10H14O2S/c1-3-4-5-6-7-9-12-10(11)8(2)13-9/h4-9H,3H2,1-2H3/b5-4+,7-6+. The van der Waals surface area contributed by atoms with E-state index in [1.807, 2.05) is 25.2 Å². The SMILES string of the molecule is CC/C=C/C=C/C1OC(=O)C(C)S1. The van der Waals surface area contributed by atoms with Crippen molar-refractivity contribution in [3.05, 3.63) is 24.3 Å². The fraction of sp³-hybridized carbons (Fsp3) is 0.500. The minimum atomic E-state index is -0.112. The van der Waals surface area contributed by atoms with Crippen molar-refractivity contribution >= 4 is 17.7 Å². The van der Waals surface area contributed by atoms with Crippen LogP contribution in [0.5, 0.6) is 0 Å². The second-order valence-electron chi connectivity index (χ2n) is 2.80. The van der Waals surface area contributed by atoms with Crippen LogP contribution >= 0.6 is 11.8 Å². The highest BCUT2D eigenvalue weighted by atomic mass is 32.2. The molecule has 1 saturated heterocycles. The summed E-state index contributed by atoms with van der Waals surface area (Å²) in [7, 11) is 0. The number of ether oxygens (including phenoxy) is 1. The largest absolute Gasteiger partial charge is 0.446 e. The molecule has 0 aromatic carbocycles. The molecule has 1 fully saturated rings. The van der Waals surface area contributed by atoms with Gasteiger partial charge in [-0.15, -0.1) is 0 Å². The summed E-state index contributed by atoms with van der Waals surface area (Å²) in [5.41, 5.74) is -0.0935. The molecule has 2 atom stereocenters. The molecule has 1 heterocycles. The van der Waals surface area contributed by atoms with Gasteiger partial charge in [0.15, 0.2) is 5.44 Å². The highest BCUT2D eigenvalue weighted by Gasteiger charge is 2.29. The Bertz CT molecular complexity index is 233. The summed E-state index contributed by atoms with van der Waals surface area (Å²) in [6.45, 7) is 3.94. The fourth-order valence-corrected chi connectivity index (χ4v) is 1.85. The monoisotopic (exact) mass is 198 g/mol. The molecule has 13 heavy (non-hydrogen) atoms. The Labute approximate surface area is 83.0 Å². The molecule has 0 aromatic rings. The molecule has 2 nitrogen and oxygen atoms in total. The highest BCUT2D eigenvalue weighted by molar-refractivity contribution is 8.01.